The van der Waals surface area contributed by atoms with Crippen LogP contribution in [0.3, 0.4) is 0 Å². The van der Waals surface area contributed by atoms with Crippen molar-refractivity contribution in [1.29, 1.82) is 0 Å². The van der Waals surface area contributed by atoms with E-state index in [4.69, 9.17) is 5.11 Å². The molecule has 0 saturated heterocycles. The summed E-state index contributed by atoms with van der Waals surface area (Å²) in [5, 5.41) is 15.0. The maximum atomic E-state index is 11.7. The molecule has 2 aliphatic rings. The van der Waals surface area contributed by atoms with E-state index in [-0.39, 0.29) is 12.5 Å². The Balaban J connectivity index is 1.59. The third-order valence-electron chi connectivity index (χ3n) is 4.14. The van der Waals surface area contributed by atoms with Crippen LogP contribution in [0.15, 0.2) is 24.3 Å². The molecular weight excluding hydrogens is 252 g/mol. The quantitative estimate of drug-likeness (QED) is 0.713. The summed E-state index contributed by atoms with van der Waals surface area (Å²) in [5.41, 5.74) is 1.74. The molecule has 0 aromatic heterocycles. The smallest absolute Gasteiger partial charge is 0.251 e. The van der Waals surface area contributed by atoms with Gasteiger partial charge in [0.15, 0.2) is 0 Å². The summed E-state index contributed by atoms with van der Waals surface area (Å²) in [5.74, 6) is 1.58. The van der Waals surface area contributed by atoms with Crippen LogP contribution in [0, 0.1) is 11.8 Å². The van der Waals surface area contributed by atoms with E-state index in [0.29, 0.717) is 18.2 Å². The van der Waals surface area contributed by atoms with Gasteiger partial charge >= 0.3 is 0 Å². The van der Waals surface area contributed by atoms with Crippen LogP contribution in [-0.4, -0.2) is 30.2 Å². The molecule has 0 bridgehead atoms. The highest BCUT2D eigenvalue weighted by Gasteiger charge is 2.41. The standard InChI is InChI=1S/C16H22N2O2/c19-10-9-17-16(20)13-5-7-14(8-6-13)18-15(11-1-2-11)12-3-4-12/h5-8,11-12,15,18-19H,1-4,9-10H2,(H,17,20). The second kappa shape index (κ2) is 5.83. The van der Waals surface area contributed by atoms with Gasteiger partial charge in [0, 0.05) is 23.8 Å². The minimum Gasteiger partial charge on any atom is -0.395 e. The number of aliphatic hydroxyl groups is 1. The lowest BCUT2D eigenvalue weighted by Crippen LogP contribution is -2.26. The van der Waals surface area contributed by atoms with E-state index < -0.39 is 0 Å². The van der Waals surface area contributed by atoms with Crippen LogP contribution in [0.1, 0.15) is 36.0 Å². The normalized spacial score (nSPS) is 18.1. The highest BCUT2D eigenvalue weighted by molar-refractivity contribution is 5.94. The second-order valence-corrected chi connectivity index (χ2v) is 5.90. The molecule has 0 atom stereocenters. The zero-order valence-electron chi connectivity index (χ0n) is 11.6. The van der Waals surface area contributed by atoms with Crippen molar-refractivity contribution in [2.24, 2.45) is 11.8 Å². The highest BCUT2D eigenvalue weighted by atomic mass is 16.3. The fourth-order valence-electron chi connectivity index (χ4n) is 2.71. The number of carbonyl (C=O) groups is 1. The Hall–Kier alpha value is -1.55. The zero-order valence-corrected chi connectivity index (χ0v) is 11.6. The lowest BCUT2D eigenvalue weighted by atomic mass is 10.1. The summed E-state index contributed by atoms with van der Waals surface area (Å²) in [6.45, 7) is 0.264. The minimum absolute atomic E-state index is 0.0319. The molecule has 2 aliphatic carbocycles. The zero-order chi connectivity index (χ0) is 13.9. The van der Waals surface area contributed by atoms with Crippen molar-refractivity contribution in [2.45, 2.75) is 31.7 Å². The van der Waals surface area contributed by atoms with E-state index in [1.807, 2.05) is 24.3 Å². The lowest BCUT2D eigenvalue weighted by Gasteiger charge is -2.19. The highest BCUT2D eigenvalue weighted by Crippen LogP contribution is 2.45. The summed E-state index contributed by atoms with van der Waals surface area (Å²) in [6.07, 6.45) is 5.43. The number of benzene rings is 1. The molecule has 3 N–H and O–H groups in total. The summed E-state index contributed by atoms with van der Waals surface area (Å²) >= 11 is 0. The number of hydrogen-bond donors (Lipinski definition) is 3. The summed E-state index contributed by atoms with van der Waals surface area (Å²) in [4.78, 5) is 11.7. The molecule has 2 saturated carbocycles. The number of hydrogen-bond acceptors (Lipinski definition) is 3. The van der Waals surface area contributed by atoms with Crippen molar-refractivity contribution in [1.82, 2.24) is 5.32 Å². The summed E-state index contributed by atoms with van der Waals surface area (Å²) < 4.78 is 0. The average Bonchev–Trinajstić information content (AvgIpc) is 3.36. The third-order valence-corrected chi connectivity index (χ3v) is 4.14. The first-order chi connectivity index (χ1) is 9.78. The molecule has 20 heavy (non-hydrogen) atoms. The molecule has 1 amide bonds. The lowest BCUT2D eigenvalue weighted by molar-refractivity contribution is 0.0945. The molecule has 0 unspecified atom stereocenters. The van der Waals surface area contributed by atoms with Gasteiger partial charge in [-0.25, -0.2) is 0 Å². The van der Waals surface area contributed by atoms with Crippen molar-refractivity contribution < 1.29 is 9.90 Å². The van der Waals surface area contributed by atoms with Gasteiger partial charge in [-0.1, -0.05) is 0 Å². The summed E-state index contributed by atoms with van der Waals surface area (Å²) in [7, 11) is 0. The van der Waals surface area contributed by atoms with Crippen LogP contribution in [0.5, 0.6) is 0 Å². The van der Waals surface area contributed by atoms with Crippen molar-refractivity contribution in [3.05, 3.63) is 29.8 Å². The number of amides is 1. The first-order valence-electron chi connectivity index (χ1n) is 7.53. The second-order valence-electron chi connectivity index (χ2n) is 5.90. The van der Waals surface area contributed by atoms with Gasteiger partial charge in [0.05, 0.1) is 6.61 Å². The largest absolute Gasteiger partial charge is 0.395 e. The van der Waals surface area contributed by atoms with Gasteiger partial charge in [0.25, 0.3) is 5.91 Å². The SMILES string of the molecule is O=C(NCCO)c1ccc(NC(C2CC2)C2CC2)cc1. The molecule has 0 heterocycles. The van der Waals surface area contributed by atoms with Gasteiger partial charge in [0.2, 0.25) is 0 Å². The van der Waals surface area contributed by atoms with E-state index in [1.165, 1.54) is 25.7 Å². The van der Waals surface area contributed by atoms with E-state index in [1.54, 1.807) is 0 Å². The van der Waals surface area contributed by atoms with Crippen LogP contribution in [0.2, 0.25) is 0 Å². The molecule has 108 valence electrons. The van der Waals surface area contributed by atoms with Crippen LogP contribution in [0.4, 0.5) is 5.69 Å². The number of nitrogens with one attached hydrogen (secondary N) is 2. The topological polar surface area (TPSA) is 61.4 Å². The molecular formula is C16H22N2O2. The Kier molecular flexibility index (Phi) is 3.92. The van der Waals surface area contributed by atoms with Gasteiger partial charge < -0.3 is 15.7 Å². The average molecular weight is 274 g/mol. The number of anilines is 1. The maximum absolute atomic E-state index is 11.7. The molecule has 0 spiro atoms. The molecule has 3 rings (SSSR count). The van der Waals surface area contributed by atoms with Crippen LogP contribution >= 0.6 is 0 Å². The van der Waals surface area contributed by atoms with E-state index in [0.717, 1.165) is 17.5 Å². The third kappa shape index (κ3) is 3.31. The Morgan fingerprint density at radius 3 is 2.25 bits per heavy atom. The van der Waals surface area contributed by atoms with Gasteiger partial charge in [-0.3, -0.25) is 4.79 Å². The molecule has 1 aromatic carbocycles. The Morgan fingerprint density at radius 1 is 1.15 bits per heavy atom. The van der Waals surface area contributed by atoms with Crippen molar-refractivity contribution in [3.63, 3.8) is 0 Å². The Labute approximate surface area is 119 Å². The number of aliphatic hydroxyl groups excluding tert-OH is 1. The van der Waals surface area contributed by atoms with Crippen molar-refractivity contribution in [3.8, 4) is 0 Å². The van der Waals surface area contributed by atoms with Crippen LogP contribution in [-0.2, 0) is 0 Å². The fraction of sp³-hybridized carbons (Fsp3) is 0.562. The predicted molar refractivity (Wildman–Crippen MR) is 78.7 cm³/mol. The van der Waals surface area contributed by atoms with E-state index >= 15 is 0 Å². The molecule has 1 aromatic rings. The summed E-state index contributed by atoms with van der Waals surface area (Å²) in [6, 6.07) is 8.26. The fourth-order valence-corrected chi connectivity index (χ4v) is 2.71. The molecule has 4 nitrogen and oxygen atoms in total. The molecule has 0 aliphatic heterocycles. The Bertz CT molecular complexity index is 452. The van der Waals surface area contributed by atoms with Gasteiger partial charge in [-0.05, 0) is 61.8 Å². The number of rotatable bonds is 7. The number of carbonyl (C=O) groups excluding carboxylic acids is 1. The van der Waals surface area contributed by atoms with Gasteiger partial charge in [-0.15, -0.1) is 0 Å². The molecule has 4 heteroatoms. The minimum atomic E-state index is -0.133. The maximum Gasteiger partial charge on any atom is 0.251 e. The van der Waals surface area contributed by atoms with Crippen molar-refractivity contribution >= 4 is 11.6 Å². The van der Waals surface area contributed by atoms with Gasteiger partial charge in [0.1, 0.15) is 0 Å². The monoisotopic (exact) mass is 274 g/mol. The molecule has 2 fully saturated rings. The van der Waals surface area contributed by atoms with Crippen molar-refractivity contribution in [2.75, 3.05) is 18.5 Å². The first-order valence-corrected chi connectivity index (χ1v) is 7.53. The first kappa shape index (κ1) is 13.4. The predicted octanol–water partition coefficient (Wildman–Crippen LogP) is 2.01. The van der Waals surface area contributed by atoms with E-state index in [2.05, 4.69) is 10.6 Å². The van der Waals surface area contributed by atoms with Gasteiger partial charge in [-0.2, -0.15) is 0 Å². The van der Waals surface area contributed by atoms with E-state index in [9.17, 15) is 4.79 Å². The Morgan fingerprint density at radius 2 is 1.75 bits per heavy atom. The molecule has 0 radical (unpaired) electrons. The van der Waals surface area contributed by atoms with Crippen LogP contribution in [0.25, 0.3) is 0 Å². The van der Waals surface area contributed by atoms with Crippen LogP contribution < -0.4 is 10.6 Å².